The number of esters is 2. The van der Waals surface area contributed by atoms with Gasteiger partial charge in [0, 0.05) is 18.6 Å². The SMILES string of the molecule is CC(C)CCN.CC(C)CCNC(=O)[C@@H](CC(=O)OC(C)(C)C)CC(C)C.CC(C)C[C@H](CC(=O)OC(C)(C)C)C(=O)O.CCCP(=O)(O)O.CCCP1(=O)OP(=O)(CCC)OP(=O)(CCC)O1.O=P([O-])(O)O.[3H]P([3H])[3H].[Na+]. The summed E-state index contributed by atoms with van der Waals surface area (Å²) >= 11 is 0. The summed E-state index contributed by atoms with van der Waals surface area (Å²) < 4.78 is 99.3. The van der Waals surface area contributed by atoms with Crippen LogP contribution in [0.4, 0.5) is 0 Å². The summed E-state index contributed by atoms with van der Waals surface area (Å²) in [5.41, 5.74) is 4.17. The molecular weight excluding hydrogens is 1110 g/mol. The molecule has 1 amide bonds. The Bertz CT molecular complexity index is 1760. The van der Waals surface area contributed by atoms with Crippen LogP contribution in [0.3, 0.4) is 0 Å². The summed E-state index contributed by atoms with van der Waals surface area (Å²) in [5.74, 6) is -0.698. The van der Waals surface area contributed by atoms with Crippen LogP contribution >= 0.6 is 47.9 Å². The molecule has 2 atom stereocenters. The van der Waals surface area contributed by atoms with Crippen molar-refractivity contribution >= 4 is 71.8 Å². The summed E-state index contributed by atoms with van der Waals surface area (Å²) in [6.45, 7) is 36.0. The standard InChI is InChI=1S/C17H33NO3.C12H22O4.C9H21O6P3.C5H13N.C3H9O3P.Na.H3O4P.H3P/c1-12(2)8-9-18-16(20)14(10-13(3)4)11-15(19)21-17(5,6)7;1-8(2)6-9(11(14)15)7-10(13)16-12(3,4)5;1-4-7-16(10)13-17(11,8-5-2)15-18(12,14-16)9-6-3;1-5(2)3-4-6;1-2-3-7(4,5)6;;1-5(2,3)4;/h12-14H,8-11H2,1-7H3,(H,18,20);8-9H,6-7H2,1-5H3,(H,14,15);4-9H2,1-3H3;5H,3-4,6H2,1-2H3;2-3H2,1H3,(H2,4,5,6);;(H3,1,2,3,4);1H3/q;;;;;+1;;/p-1/t14-;9-;;;;;;/m11....../s1/i;;;;;;;1T3. The van der Waals surface area contributed by atoms with Crippen LogP contribution in [0.25, 0.3) is 0 Å². The van der Waals surface area contributed by atoms with Crippen molar-refractivity contribution in [1.29, 1.82) is 3.84 Å². The molecule has 1 heterocycles. The van der Waals surface area contributed by atoms with Crippen molar-refractivity contribution in [2.75, 3.05) is 37.7 Å². The quantitative estimate of drug-likeness (QED) is 0.0290. The van der Waals surface area contributed by atoms with Gasteiger partial charge in [-0.3, -0.25) is 42.0 Å². The number of phosphoric acid groups is 1. The van der Waals surface area contributed by atoms with E-state index in [0.717, 1.165) is 25.3 Å². The first-order chi connectivity index (χ1) is 34.5. The number of ether oxygens (including phenoxy) is 2. The maximum Gasteiger partial charge on any atom is 1.00 e. The second-order valence-electron chi connectivity index (χ2n) is 21.1. The van der Waals surface area contributed by atoms with Crippen LogP contribution in [0, 0.1) is 35.5 Å². The molecule has 448 valence electrons. The largest absolute Gasteiger partial charge is 1.00 e. The van der Waals surface area contributed by atoms with E-state index in [0.29, 0.717) is 56.9 Å². The third-order valence-corrected chi connectivity index (χ3v) is 18.4. The molecule has 0 bridgehead atoms. The van der Waals surface area contributed by atoms with Gasteiger partial charge in [0.05, 0.1) is 41.1 Å². The Kier molecular flexibility index (Phi) is 48.6. The van der Waals surface area contributed by atoms with E-state index in [9.17, 15) is 37.4 Å². The van der Waals surface area contributed by atoms with Crippen LogP contribution in [0.5, 0.6) is 0 Å². The number of carbonyl (C=O) groups excluding carboxylic acids is 3. The van der Waals surface area contributed by atoms with Crippen LogP contribution in [-0.4, -0.2) is 101 Å². The second-order valence-corrected chi connectivity index (χ2v) is 30.9. The monoisotopic (exact) mass is 1220 g/mol. The molecule has 0 aliphatic carbocycles. The molecule has 1 fully saturated rings. The molecule has 0 radical (unpaired) electrons. The van der Waals surface area contributed by atoms with E-state index < -0.39 is 77.0 Å². The fourth-order valence-corrected chi connectivity index (χ4v) is 15.7. The summed E-state index contributed by atoms with van der Waals surface area (Å²) in [6.07, 6.45) is 5.90. The van der Waals surface area contributed by atoms with Crippen LogP contribution in [0.15, 0.2) is 0 Å². The molecule has 1 aliphatic rings. The molecule has 0 unspecified atom stereocenters. The molecule has 1 aliphatic heterocycles. The number of carbonyl (C=O) groups is 4. The van der Waals surface area contributed by atoms with E-state index in [1.807, 2.05) is 34.6 Å². The maximum atomic E-state index is 12.3. The van der Waals surface area contributed by atoms with Gasteiger partial charge in [-0.05, 0) is 123 Å². The molecule has 0 aromatic carbocycles. The summed E-state index contributed by atoms with van der Waals surface area (Å²) in [6, 6.07) is 0. The van der Waals surface area contributed by atoms with E-state index in [1.54, 1.807) is 48.5 Å². The fourth-order valence-electron chi connectivity index (χ4n) is 5.79. The summed E-state index contributed by atoms with van der Waals surface area (Å²) in [7, 11) is -21.1. The Hall–Kier alpha value is 0.1000. The van der Waals surface area contributed by atoms with E-state index in [2.05, 4.69) is 46.9 Å². The molecular formula is C46H103N2NaO20P6. The molecule has 0 spiro atoms. The second kappa shape index (κ2) is 44.7. The van der Waals surface area contributed by atoms with Crippen LogP contribution in [0.1, 0.15) is 189 Å². The Morgan fingerprint density at radius 1 is 0.653 bits per heavy atom. The number of nitrogens with one attached hydrogen (secondary N) is 1. The Balaban J connectivity index is -0.000000162. The minimum Gasteiger partial charge on any atom is -0.756 e. The Labute approximate surface area is 480 Å². The molecule has 1 saturated heterocycles. The molecule has 1 rings (SSSR count). The number of nitrogens with two attached hydrogens (primary N) is 1. The van der Waals surface area contributed by atoms with Gasteiger partial charge in [-0.1, -0.05) is 83.1 Å². The topological polar surface area (TPSA) is 362 Å². The van der Waals surface area contributed by atoms with Gasteiger partial charge >= 0.3 is 77.8 Å². The molecule has 22 nitrogen and oxygen atoms in total. The van der Waals surface area contributed by atoms with Gasteiger partial charge in [-0.15, -0.1) is 0 Å². The molecule has 0 aromatic rings. The summed E-state index contributed by atoms with van der Waals surface area (Å²) in [4.78, 5) is 85.8. The minimum absolute atomic E-state index is 0. The summed E-state index contributed by atoms with van der Waals surface area (Å²) in [5, 5.41) is 11.9. The van der Waals surface area contributed by atoms with E-state index >= 15 is 0 Å². The van der Waals surface area contributed by atoms with Crippen molar-refractivity contribution in [1.82, 2.24) is 5.32 Å². The van der Waals surface area contributed by atoms with Gasteiger partial charge in [0.1, 0.15) is 11.2 Å². The molecule has 29 heteroatoms. The molecule has 0 saturated carbocycles. The third-order valence-electron chi connectivity index (χ3n) is 8.42. The van der Waals surface area contributed by atoms with Crippen LogP contribution in [0.2, 0.25) is 0 Å². The van der Waals surface area contributed by atoms with Crippen molar-refractivity contribution in [3.05, 3.63) is 0 Å². The normalized spacial score (nSPS) is 19.7. The van der Waals surface area contributed by atoms with E-state index in [4.69, 9.17) is 66.1 Å². The number of amides is 1. The van der Waals surface area contributed by atoms with Gasteiger partial charge in [-0.2, -0.15) is 9.73 Å². The number of rotatable bonds is 23. The first-order valence-electron chi connectivity index (χ1n) is 26.5. The van der Waals surface area contributed by atoms with E-state index in [1.165, 1.54) is 0 Å². The van der Waals surface area contributed by atoms with Crippen molar-refractivity contribution < 1.29 is 124 Å². The zero-order valence-electron chi connectivity index (χ0n) is 51.9. The van der Waals surface area contributed by atoms with Crippen molar-refractivity contribution in [2.45, 2.75) is 200 Å². The molecule has 0 aromatic heterocycles. The number of hydrogen-bond acceptors (Lipinski definition) is 16. The molecule has 8 N–H and O–H groups in total. The third kappa shape index (κ3) is 64.8. The van der Waals surface area contributed by atoms with E-state index in [-0.39, 0.29) is 90.8 Å². The predicted molar refractivity (Wildman–Crippen MR) is 297 cm³/mol. The van der Waals surface area contributed by atoms with Gasteiger partial charge in [0.25, 0.3) is 7.82 Å². The van der Waals surface area contributed by atoms with Gasteiger partial charge in [0.15, 0.2) is 0 Å². The number of aliphatic carboxylic acids is 1. The average molecular weight is 1220 g/mol. The van der Waals surface area contributed by atoms with Gasteiger partial charge < -0.3 is 50.1 Å². The first-order valence-corrected chi connectivity index (χ1v) is 33.6. The van der Waals surface area contributed by atoms with Crippen molar-refractivity contribution in [3.8, 4) is 0 Å². The fraction of sp³-hybridized carbons (Fsp3) is 0.913. The number of hydrogen-bond donors (Lipinski definition) is 7. The first kappa shape index (κ1) is 81.6. The number of carboxylic acid groups (broad SMARTS) is 1. The molecule has 75 heavy (non-hydrogen) atoms. The average Bonchev–Trinajstić information content (AvgIpc) is 3.14. The Morgan fingerprint density at radius 3 is 1.16 bits per heavy atom. The maximum absolute atomic E-state index is 12.3. The van der Waals surface area contributed by atoms with Crippen molar-refractivity contribution in [2.24, 2.45) is 41.2 Å². The number of carboxylic acids is 1. The van der Waals surface area contributed by atoms with Crippen molar-refractivity contribution in [3.63, 3.8) is 0 Å². The predicted octanol–water partition coefficient (Wildman–Crippen LogP) is 7.93. The zero-order valence-corrected chi connectivity index (χ0v) is 56.3. The van der Waals surface area contributed by atoms with Crippen LogP contribution in [-0.2, 0) is 64.4 Å². The van der Waals surface area contributed by atoms with Gasteiger partial charge in [0.2, 0.25) is 5.91 Å². The minimum atomic E-state index is -4.89. The van der Waals surface area contributed by atoms with Crippen LogP contribution < -0.4 is 45.5 Å². The van der Waals surface area contributed by atoms with Gasteiger partial charge in [-0.25, -0.2) is 12.9 Å². The Morgan fingerprint density at radius 2 is 0.960 bits per heavy atom. The zero-order chi connectivity index (χ0) is 62.4. The smallest absolute Gasteiger partial charge is 0.756 e.